The third-order valence-corrected chi connectivity index (χ3v) is 5.78. The monoisotopic (exact) mass is 399 g/mol. The predicted molar refractivity (Wildman–Crippen MR) is 121 cm³/mol. The molecule has 0 saturated heterocycles. The van der Waals surface area contributed by atoms with Crippen LogP contribution in [0.5, 0.6) is 5.75 Å². The van der Waals surface area contributed by atoms with Gasteiger partial charge in [-0.1, -0.05) is 43.5 Å². The smallest absolute Gasteiger partial charge is 0.130 e. The van der Waals surface area contributed by atoms with Crippen LogP contribution in [0.4, 0.5) is 5.69 Å². The Hall–Kier alpha value is -3.24. The van der Waals surface area contributed by atoms with Crippen molar-refractivity contribution < 1.29 is 4.74 Å². The quantitative estimate of drug-likeness (QED) is 0.505. The fourth-order valence-corrected chi connectivity index (χ4v) is 4.05. The number of rotatable bonds is 8. The fourth-order valence-electron chi connectivity index (χ4n) is 4.05. The summed E-state index contributed by atoms with van der Waals surface area (Å²) in [6.07, 6.45) is 8.31. The van der Waals surface area contributed by atoms with E-state index in [0.717, 1.165) is 36.0 Å². The second-order valence-corrected chi connectivity index (χ2v) is 7.71. The minimum Gasteiger partial charge on any atom is -0.492 e. The molecule has 0 unspecified atom stereocenters. The van der Waals surface area contributed by atoms with Crippen molar-refractivity contribution in [1.29, 1.82) is 10.5 Å². The number of ether oxygens (including phenoxy) is 1. The number of anilines is 1. The third-order valence-electron chi connectivity index (χ3n) is 5.78. The topological polar surface area (TPSA) is 60.0 Å². The van der Waals surface area contributed by atoms with E-state index in [1.807, 2.05) is 36.4 Å². The zero-order valence-corrected chi connectivity index (χ0v) is 17.7. The van der Waals surface area contributed by atoms with Crippen LogP contribution >= 0.6 is 0 Å². The van der Waals surface area contributed by atoms with E-state index in [1.165, 1.54) is 37.7 Å². The SMILES string of the molecule is CCN(CCOc1ccc(C2CCCCC2)cc1)c1ccc(C=C(C#N)C#N)cc1. The van der Waals surface area contributed by atoms with Gasteiger partial charge >= 0.3 is 0 Å². The second kappa shape index (κ2) is 11.1. The van der Waals surface area contributed by atoms with E-state index in [2.05, 4.69) is 36.1 Å². The summed E-state index contributed by atoms with van der Waals surface area (Å²) in [7, 11) is 0. The third kappa shape index (κ3) is 5.88. The molecule has 0 radical (unpaired) electrons. The molecule has 0 aromatic heterocycles. The number of allylic oxidation sites excluding steroid dienone is 1. The summed E-state index contributed by atoms with van der Waals surface area (Å²) in [5, 5.41) is 17.8. The lowest BCUT2D eigenvalue weighted by molar-refractivity contribution is 0.324. The van der Waals surface area contributed by atoms with Crippen LogP contribution in [-0.4, -0.2) is 19.7 Å². The number of nitrogens with zero attached hydrogens (tertiary/aromatic N) is 3. The maximum absolute atomic E-state index is 8.88. The van der Waals surface area contributed by atoms with Gasteiger partial charge in [0.05, 0.1) is 6.54 Å². The van der Waals surface area contributed by atoms with E-state index in [0.29, 0.717) is 6.61 Å². The van der Waals surface area contributed by atoms with Crippen molar-refractivity contribution in [1.82, 2.24) is 0 Å². The number of hydrogen-bond donors (Lipinski definition) is 0. The van der Waals surface area contributed by atoms with Gasteiger partial charge in [-0.05, 0) is 67.2 Å². The van der Waals surface area contributed by atoms with Gasteiger partial charge < -0.3 is 9.64 Å². The van der Waals surface area contributed by atoms with Crippen molar-refractivity contribution in [2.45, 2.75) is 44.9 Å². The highest BCUT2D eigenvalue weighted by molar-refractivity contribution is 5.64. The number of hydrogen-bond acceptors (Lipinski definition) is 4. The van der Waals surface area contributed by atoms with Crippen molar-refractivity contribution >= 4 is 11.8 Å². The van der Waals surface area contributed by atoms with E-state index in [1.54, 1.807) is 6.08 Å². The minimum absolute atomic E-state index is 0.109. The predicted octanol–water partition coefficient (Wildman–Crippen LogP) is 6.07. The molecule has 154 valence electrons. The molecule has 1 fully saturated rings. The van der Waals surface area contributed by atoms with Crippen molar-refractivity contribution in [2.75, 3.05) is 24.6 Å². The molecule has 2 aromatic rings. The summed E-state index contributed by atoms with van der Waals surface area (Å²) in [6.45, 7) is 4.40. The highest BCUT2D eigenvalue weighted by Gasteiger charge is 2.15. The molecule has 1 aliphatic carbocycles. The Bertz CT molecular complexity index is 895. The first-order valence-corrected chi connectivity index (χ1v) is 10.8. The van der Waals surface area contributed by atoms with Crippen LogP contribution in [0.1, 0.15) is 56.1 Å². The standard InChI is InChI=1S/C26H29N3O/c1-2-29(25-12-8-21(9-13-25)18-22(19-27)20-28)16-17-30-26-14-10-24(11-15-26)23-6-4-3-5-7-23/h8-15,18,23H,2-7,16-17H2,1H3. The van der Waals surface area contributed by atoms with E-state index < -0.39 is 0 Å². The van der Waals surface area contributed by atoms with Crippen LogP contribution < -0.4 is 9.64 Å². The Morgan fingerprint density at radius 2 is 1.67 bits per heavy atom. The summed E-state index contributed by atoms with van der Waals surface area (Å²) < 4.78 is 5.98. The molecular formula is C26H29N3O. The first-order valence-electron chi connectivity index (χ1n) is 10.8. The molecule has 3 rings (SSSR count). The number of nitriles is 2. The molecule has 0 heterocycles. The van der Waals surface area contributed by atoms with Gasteiger partial charge in [0.15, 0.2) is 0 Å². The first-order chi connectivity index (χ1) is 14.7. The average Bonchev–Trinajstić information content (AvgIpc) is 2.82. The second-order valence-electron chi connectivity index (χ2n) is 7.71. The van der Waals surface area contributed by atoms with Gasteiger partial charge in [0.2, 0.25) is 0 Å². The van der Waals surface area contributed by atoms with Gasteiger partial charge in [-0.25, -0.2) is 0 Å². The van der Waals surface area contributed by atoms with Crippen molar-refractivity contribution in [2.24, 2.45) is 0 Å². The van der Waals surface area contributed by atoms with Crippen LogP contribution in [0.2, 0.25) is 0 Å². The van der Waals surface area contributed by atoms with E-state index in [4.69, 9.17) is 15.3 Å². The maximum atomic E-state index is 8.88. The molecule has 1 saturated carbocycles. The molecule has 2 aromatic carbocycles. The van der Waals surface area contributed by atoms with Gasteiger partial charge in [0.1, 0.15) is 30.1 Å². The number of likely N-dealkylation sites (N-methyl/N-ethyl adjacent to an activating group) is 1. The fraction of sp³-hybridized carbons (Fsp3) is 0.385. The molecule has 0 amide bonds. The van der Waals surface area contributed by atoms with Crippen LogP contribution in [0.3, 0.4) is 0 Å². The van der Waals surface area contributed by atoms with Crippen LogP contribution in [0, 0.1) is 22.7 Å². The lowest BCUT2D eigenvalue weighted by Gasteiger charge is -2.24. The number of benzene rings is 2. The average molecular weight is 400 g/mol. The molecule has 1 aliphatic rings. The van der Waals surface area contributed by atoms with E-state index in [9.17, 15) is 0 Å². The Kier molecular flexibility index (Phi) is 7.93. The maximum Gasteiger partial charge on any atom is 0.130 e. The summed E-state index contributed by atoms with van der Waals surface area (Å²) in [5.41, 5.74) is 3.50. The van der Waals surface area contributed by atoms with Crippen molar-refractivity contribution in [3.05, 3.63) is 65.2 Å². The largest absolute Gasteiger partial charge is 0.492 e. The molecule has 4 heteroatoms. The van der Waals surface area contributed by atoms with Gasteiger partial charge in [-0.15, -0.1) is 0 Å². The van der Waals surface area contributed by atoms with Gasteiger partial charge in [0.25, 0.3) is 0 Å². The van der Waals surface area contributed by atoms with Crippen LogP contribution in [0.15, 0.2) is 54.1 Å². The molecule has 0 atom stereocenters. The van der Waals surface area contributed by atoms with Gasteiger partial charge in [-0.2, -0.15) is 10.5 Å². The first kappa shape index (κ1) is 21.5. The Labute approximate surface area is 180 Å². The van der Waals surface area contributed by atoms with Crippen LogP contribution in [-0.2, 0) is 0 Å². The Morgan fingerprint density at radius 1 is 1.00 bits per heavy atom. The molecule has 0 spiro atoms. The highest BCUT2D eigenvalue weighted by atomic mass is 16.5. The molecular weight excluding hydrogens is 370 g/mol. The van der Waals surface area contributed by atoms with Crippen LogP contribution in [0.25, 0.3) is 6.08 Å². The van der Waals surface area contributed by atoms with Crippen molar-refractivity contribution in [3.8, 4) is 17.9 Å². The molecule has 30 heavy (non-hydrogen) atoms. The Morgan fingerprint density at radius 3 is 2.27 bits per heavy atom. The van der Waals surface area contributed by atoms with Crippen molar-refractivity contribution in [3.63, 3.8) is 0 Å². The minimum atomic E-state index is 0.109. The summed E-state index contributed by atoms with van der Waals surface area (Å²) in [5.74, 6) is 1.64. The van der Waals surface area contributed by atoms with Gasteiger partial charge in [-0.3, -0.25) is 0 Å². The lowest BCUT2D eigenvalue weighted by Crippen LogP contribution is -2.28. The summed E-state index contributed by atoms with van der Waals surface area (Å²) in [6, 6.07) is 20.3. The zero-order chi connectivity index (χ0) is 21.2. The van der Waals surface area contributed by atoms with Gasteiger partial charge in [0, 0.05) is 12.2 Å². The Balaban J connectivity index is 1.52. The highest BCUT2D eigenvalue weighted by Crippen LogP contribution is 2.33. The normalized spacial score (nSPS) is 13.7. The molecule has 0 bridgehead atoms. The summed E-state index contributed by atoms with van der Waals surface area (Å²) >= 11 is 0. The van der Waals surface area contributed by atoms with E-state index in [-0.39, 0.29) is 5.57 Å². The zero-order valence-electron chi connectivity index (χ0n) is 17.7. The molecule has 0 aliphatic heterocycles. The summed E-state index contributed by atoms with van der Waals surface area (Å²) in [4.78, 5) is 2.25. The molecule has 4 nitrogen and oxygen atoms in total. The lowest BCUT2D eigenvalue weighted by atomic mass is 9.84. The molecule has 0 N–H and O–H groups in total. The van der Waals surface area contributed by atoms with E-state index >= 15 is 0 Å².